The average molecular weight is 448 g/mol. The summed E-state index contributed by atoms with van der Waals surface area (Å²) in [6.45, 7) is 6.21. The summed E-state index contributed by atoms with van der Waals surface area (Å²) in [5.41, 5.74) is 3.05. The van der Waals surface area contributed by atoms with Crippen molar-refractivity contribution < 1.29 is 4.79 Å². The van der Waals surface area contributed by atoms with Crippen molar-refractivity contribution in [3.63, 3.8) is 0 Å². The molecule has 0 aliphatic carbocycles. The lowest BCUT2D eigenvalue weighted by Crippen LogP contribution is -2.42. The zero-order chi connectivity index (χ0) is 22.8. The fraction of sp³-hybridized carbons (Fsp3) is 0.240. The van der Waals surface area contributed by atoms with Crippen LogP contribution in [0.25, 0.3) is 10.2 Å². The van der Waals surface area contributed by atoms with Crippen LogP contribution in [0.15, 0.2) is 64.2 Å². The first-order valence-corrected chi connectivity index (χ1v) is 11.3. The summed E-state index contributed by atoms with van der Waals surface area (Å²) in [5.74, 6) is -0.275. The van der Waals surface area contributed by atoms with E-state index in [1.807, 2.05) is 75.4 Å². The molecule has 0 saturated heterocycles. The van der Waals surface area contributed by atoms with Crippen LogP contribution in [-0.2, 0) is 24.4 Å². The van der Waals surface area contributed by atoms with Crippen LogP contribution in [-0.4, -0.2) is 15.0 Å². The number of aromatic nitrogens is 2. The molecule has 164 valence electrons. The molecule has 4 rings (SSSR count). The third-order valence-corrected chi connectivity index (χ3v) is 6.86. The van der Waals surface area contributed by atoms with E-state index in [2.05, 4.69) is 5.32 Å². The number of benzene rings is 2. The van der Waals surface area contributed by atoms with Crippen molar-refractivity contribution in [3.8, 4) is 0 Å². The Labute approximate surface area is 189 Å². The Morgan fingerprint density at radius 2 is 1.59 bits per heavy atom. The number of nitrogens with one attached hydrogen (secondary N) is 1. The van der Waals surface area contributed by atoms with Crippen LogP contribution in [0.5, 0.6) is 0 Å². The molecule has 0 unspecified atom stereocenters. The van der Waals surface area contributed by atoms with E-state index in [1.54, 1.807) is 0 Å². The van der Waals surface area contributed by atoms with Crippen molar-refractivity contribution >= 4 is 27.5 Å². The summed E-state index contributed by atoms with van der Waals surface area (Å²) in [5, 5.41) is 3.39. The molecule has 2 heterocycles. The van der Waals surface area contributed by atoms with Crippen LogP contribution in [0.2, 0.25) is 0 Å². The van der Waals surface area contributed by atoms with E-state index in [-0.39, 0.29) is 24.6 Å². The lowest BCUT2D eigenvalue weighted by atomic mass is 10.1. The van der Waals surface area contributed by atoms with E-state index in [0.29, 0.717) is 16.8 Å². The van der Waals surface area contributed by atoms with Crippen molar-refractivity contribution in [3.05, 3.63) is 103 Å². The van der Waals surface area contributed by atoms with Gasteiger partial charge in [-0.25, -0.2) is 4.79 Å². The van der Waals surface area contributed by atoms with Crippen molar-refractivity contribution in [2.75, 3.05) is 0 Å². The summed E-state index contributed by atoms with van der Waals surface area (Å²) in [6, 6.07) is 17.3. The van der Waals surface area contributed by atoms with Gasteiger partial charge < -0.3 is 5.32 Å². The number of carbonyl (C=O) groups excluding carboxylic acids is 1. The third-order valence-electron chi connectivity index (χ3n) is 5.63. The largest absolute Gasteiger partial charge is 0.350 e. The van der Waals surface area contributed by atoms with Gasteiger partial charge in [0.1, 0.15) is 11.4 Å². The summed E-state index contributed by atoms with van der Waals surface area (Å²) in [7, 11) is 0. The van der Waals surface area contributed by atoms with Gasteiger partial charge in [-0.2, -0.15) is 0 Å². The molecule has 1 N–H and O–H groups in total. The predicted molar refractivity (Wildman–Crippen MR) is 128 cm³/mol. The van der Waals surface area contributed by atoms with Crippen molar-refractivity contribution in [2.24, 2.45) is 0 Å². The minimum atomic E-state index is -0.474. The Morgan fingerprint density at radius 3 is 2.28 bits per heavy atom. The second-order valence-corrected chi connectivity index (χ2v) is 9.17. The molecule has 0 aliphatic rings. The number of carbonyl (C=O) groups is 1. The Bertz CT molecular complexity index is 1400. The lowest BCUT2D eigenvalue weighted by molar-refractivity contribution is -0.121. The Morgan fingerprint density at radius 1 is 0.906 bits per heavy atom. The van der Waals surface area contributed by atoms with Gasteiger partial charge in [-0.05, 0) is 37.5 Å². The first-order chi connectivity index (χ1) is 15.3. The molecule has 32 heavy (non-hydrogen) atoms. The molecule has 0 spiro atoms. The Hall–Kier alpha value is -3.45. The highest BCUT2D eigenvalue weighted by Crippen LogP contribution is 2.26. The second kappa shape index (κ2) is 8.96. The minimum Gasteiger partial charge on any atom is -0.350 e. The van der Waals surface area contributed by atoms with Crippen LogP contribution < -0.4 is 16.6 Å². The number of thiophene rings is 1. The number of aryl methyl sites for hydroxylation is 3. The molecular weight excluding hydrogens is 422 g/mol. The van der Waals surface area contributed by atoms with Crippen LogP contribution in [0.4, 0.5) is 0 Å². The van der Waals surface area contributed by atoms with Gasteiger partial charge >= 0.3 is 5.69 Å². The van der Waals surface area contributed by atoms with E-state index < -0.39 is 5.69 Å². The Balaban J connectivity index is 1.70. The molecule has 0 saturated carbocycles. The number of nitrogens with zero attached hydrogens (tertiary/aromatic N) is 2. The first kappa shape index (κ1) is 21.8. The molecule has 0 fully saturated rings. The van der Waals surface area contributed by atoms with Gasteiger partial charge in [-0.3, -0.25) is 18.7 Å². The van der Waals surface area contributed by atoms with Crippen molar-refractivity contribution in [2.45, 2.75) is 40.4 Å². The summed E-state index contributed by atoms with van der Waals surface area (Å²) < 4.78 is 2.65. The fourth-order valence-electron chi connectivity index (χ4n) is 3.66. The number of rotatable bonds is 6. The van der Waals surface area contributed by atoms with Crippen LogP contribution >= 0.6 is 11.3 Å². The maximum atomic E-state index is 13.3. The summed E-state index contributed by atoms with van der Waals surface area (Å²) in [6.07, 6.45) is 0. The quantitative estimate of drug-likeness (QED) is 0.492. The van der Waals surface area contributed by atoms with Crippen molar-refractivity contribution in [1.29, 1.82) is 0 Å². The van der Waals surface area contributed by atoms with Gasteiger partial charge in [0.05, 0.1) is 11.9 Å². The molecule has 2 aromatic heterocycles. The van der Waals surface area contributed by atoms with Gasteiger partial charge in [0.25, 0.3) is 5.56 Å². The molecular formula is C25H25N3O3S. The Kier molecular flexibility index (Phi) is 6.10. The molecule has 0 aliphatic heterocycles. The normalized spacial score (nSPS) is 11.1. The van der Waals surface area contributed by atoms with Gasteiger partial charge in [-0.15, -0.1) is 11.3 Å². The number of amides is 1. The highest BCUT2D eigenvalue weighted by Gasteiger charge is 2.20. The minimum absolute atomic E-state index is 0.143. The summed E-state index contributed by atoms with van der Waals surface area (Å²) >= 11 is 1.38. The molecule has 6 nitrogen and oxygen atoms in total. The smallest absolute Gasteiger partial charge is 0.332 e. The standard InChI is InChI=1S/C25H25N3O3S/c1-16-9-11-19(12-10-16)13-26-21(29)15-28-24-22(17(2)18(3)32-24)23(30)27(25(28)31)14-20-7-5-4-6-8-20/h4-12H,13-15H2,1-3H3,(H,26,29). The summed E-state index contributed by atoms with van der Waals surface area (Å²) in [4.78, 5) is 40.8. The fourth-order valence-corrected chi connectivity index (χ4v) is 4.80. The lowest BCUT2D eigenvalue weighted by Gasteiger charge is -2.13. The number of fused-ring (bicyclic) bond motifs is 1. The predicted octanol–water partition coefficient (Wildman–Crippen LogP) is 3.51. The van der Waals surface area contributed by atoms with E-state index >= 15 is 0 Å². The average Bonchev–Trinajstić information content (AvgIpc) is 3.09. The molecule has 0 bridgehead atoms. The maximum absolute atomic E-state index is 13.3. The third kappa shape index (κ3) is 4.29. The van der Waals surface area contributed by atoms with Gasteiger partial charge in [-0.1, -0.05) is 60.2 Å². The van der Waals surface area contributed by atoms with E-state index in [4.69, 9.17) is 0 Å². The second-order valence-electron chi connectivity index (χ2n) is 7.97. The molecule has 2 aromatic carbocycles. The SMILES string of the molecule is Cc1ccc(CNC(=O)Cn2c(=O)n(Cc3ccccc3)c(=O)c3c(C)c(C)sc32)cc1. The monoisotopic (exact) mass is 447 g/mol. The maximum Gasteiger partial charge on any atom is 0.332 e. The van der Waals surface area contributed by atoms with Crippen LogP contribution in [0.3, 0.4) is 0 Å². The number of hydrogen-bond donors (Lipinski definition) is 1. The van der Waals surface area contributed by atoms with E-state index in [0.717, 1.165) is 27.1 Å². The van der Waals surface area contributed by atoms with E-state index in [1.165, 1.54) is 20.5 Å². The molecule has 0 radical (unpaired) electrons. The van der Waals surface area contributed by atoms with Gasteiger partial charge in [0.2, 0.25) is 5.91 Å². The van der Waals surface area contributed by atoms with E-state index in [9.17, 15) is 14.4 Å². The van der Waals surface area contributed by atoms with Crippen LogP contribution in [0.1, 0.15) is 27.1 Å². The highest BCUT2D eigenvalue weighted by atomic mass is 32.1. The first-order valence-electron chi connectivity index (χ1n) is 10.4. The van der Waals surface area contributed by atoms with Crippen molar-refractivity contribution in [1.82, 2.24) is 14.5 Å². The molecule has 4 aromatic rings. The topological polar surface area (TPSA) is 73.1 Å². The highest BCUT2D eigenvalue weighted by molar-refractivity contribution is 7.18. The zero-order valence-electron chi connectivity index (χ0n) is 18.3. The van der Waals surface area contributed by atoms with Crippen LogP contribution in [0, 0.1) is 20.8 Å². The molecule has 0 atom stereocenters. The van der Waals surface area contributed by atoms with Gasteiger partial charge in [0.15, 0.2) is 0 Å². The molecule has 7 heteroatoms. The van der Waals surface area contributed by atoms with Gasteiger partial charge in [0, 0.05) is 11.4 Å². The molecule has 1 amide bonds. The number of hydrogen-bond acceptors (Lipinski definition) is 4. The zero-order valence-corrected chi connectivity index (χ0v) is 19.2.